The van der Waals surface area contributed by atoms with Gasteiger partial charge in [0.05, 0.1) is 11.4 Å². The van der Waals surface area contributed by atoms with Crippen molar-refractivity contribution in [1.82, 2.24) is 9.78 Å². The van der Waals surface area contributed by atoms with Crippen molar-refractivity contribution in [2.75, 3.05) is 0 Å². The monoisotopic (exact) mass is 248 g/mol. The molecule has 0 radical (unpaired) electrons. The summed E-state index contributed by atoms with van der Waals surface area (Å²) < 4.78 is 1.87. The Labute approximate surface area is 105 Å². The summed E-state index contributed by atoms with van der Waals surface area (Å²) in [4.78, 5) is 11.0. The lowest BCUT2D eigenvalue weighted by Crippen LogP contribution is -2.00. The van der Waals surface area contributed by atoms with E-state index in [4.69, 9.17) is 11.6 Å². The molecule has 1 heterocycles. The van der Waals surface area contributed by atoms with Crippen LogP contribution in [0, 0.1) is 20.8 Å². The molecule has 0 spiro atoms. The molecule has 88 valence electrons. The van der Waals surface area contributed by atoms with Gasteiger partial charge in [0, 0.05) is 11.3 Å². The summed E-state index contributed by atoms with van der Waals surface area (Å²) in [5, 5.41) is 4.01. The van der Waals surface area contributed by atoms with E-state index in [1.807, 2.05) is 37.6 Å². The van der Waals surface area contributed by atoms with Gasteiger partial charge >= 0.3 is 0 Å². The van der Waals surface area contributed by atoms with Crippen LogP contribution in [0.15, 0.2) is 24.3 Å². The van der Waals surface area contributed by atoms with Gasteiger partial charge in [-0.1, -0.05) is 0 Å². The highest BCUT2D eigenvalue weighted by molar-refractivity contribution is 6.67. The van der Waals surface area contributed by atoms with Gasteiger partial charge in [-0.3, -0.25) is 4.79 Å². The van der Waals surface area contributed by atoms with Crippen molar-refractivity contribution in [3.8, 4) is 5.69 Å². The largest absolute Gasteiger partial charge is 0.276 e. The molecule has 0 amide bonds. The summed E-state index contributed by atoms with van der Waals surface area (Å²) in [6.07, 6.45) is 0. The summed E-state index contributed by atoms with van der Waals surface area (Å²) in [5.74, 6) is 0. The summed E-state index contributed by atoms with van der Waals surface area (Å²) >= 11 is 5.40. The number of hydrogen-bond acceptors (Lipinski definition) is 2. The zero-order valence-corrected chi connectivity index (χ0v) is 10.7. The molecule has 0 saturated carbocycles. The predicted octanol–water partition coefficient (Wildman–Crippen LogP) is 3.18. The number of carbonyl (C=O) groups is 1. The molecule has 0 aliphatic heterocycles. The summed E-state index contributed by atoms with van der Waals surface area (Å²) in [6.45, 7) is 6.05. The molecule has 17 heavy (non-hydrogen) atoms. The van der Waals surface area contributed by atoms with Crippen LogP contribution in [0.3, 0.4) is 0 Å². The first-order valence-electron chi connectivity index (χ1n) is 5.34. The third-order valence-corrected chi connectivity index (χ3v) is 3.21. The summed E-state index contributed by atoms with van der Waals surface area (Å²) in [6, 6.07) is 7.09. The van der Waals surface area contributed by atoms with E-state index in [1.165, 1.54) is 5.56 Å². The van der Waals surface area contributed by atoms with Gasteiger partial charge in [-0.2, -0.15) is 5.10 Å². The van der Waals surface area contributed by atoms with Gasteiger partial charge in [0.1, 0.15) is 0 Å². The van der Waals surface area contributed by atoms with E-state index in [0.717, 1.165) is 17.1 Å². The molecular weight excluding hydrogens is 236 g/mol. The van der Waals surface area contributed by atoms with Crippen LogP contribution in [0.5, 0.6) is 0 Å². The molecule has 0 aliphatic carbocycles. The molecule has 0 unspecified atom stereocenters. The van der Waals surface area contributed by atoms with Gasteiger partial charge in [-0.25, -0.2) is 4.68 Å². The van der Waals surface area contributed by atoms with Gasteiger partial charge in [-0.15, -0.1) is 0 Å². The van der Waals surface area contributed by atoms with Crippen LogP contribution in [0.4, 0.5) is 0 Å². The minimum atomic E-state index is -0.443. The Hall–Kier alpha value is -1.61. The first-order chi connectivity index (χ1) is 8.00. The van der Waals surface area contributed by atoms with Crippen molar-refractivity contribution in [2.24, 2.45) is 0 Å². The number of hydrogen-bond donors (Lipinski definition) is 0. The first kappa shape index (κ1) is 11.9. The fourth-order valence-electron chi connectivity index (χ4n) is 1.71. The molecule has 0 fully saturated rings. The second kappa shape index (κ2) is 4.34. The number of aryl methyl sites for hydroxylation is 1. The van der Waals surface area contributed by atoms with Gasteiger partial charge in [-0.05, 0) is 62.2 Å². The lowest BCUT2D eigenvalue weighted by Gasteiger charge is -2.04. The number of aromatic nitrogens is 2. The van der Waals surface area contributed by atoms with E-state index in [1.54, 1.807) is 12.1 Å². The molecule has 1 aromatic heterocycles. The maximum atomic E-state index is 11.0. The molecule has 1 aromatic carbocycles. The molecule has 0 aliphatic rings. The number of halogens is 1. The van der Waals surface area contributed by atoms with Crippen LogP contribution in [0.1, 0.15) is 27.3 Å². The van der Waals surface area contributed by atoms with Gasteiger partial charge in [0.15, 0.2) is 0 Å². The summed E-state index contributed by atoms with van der Waals surface area (Å²) in [7, 11) is 0. The first-order valence-corrected chi connectivity index (χ1v) is 5.71. The van der Waals surface area contributed by atoms with Crippen LogP contribution in [0.25, 0.3) is 5.69 Å². The number of rotatable bonds is 2. The van der Waals surface area contributed by atoms with E-state index in [9.17, 15) is 4.79 Å². The highest BCUT2D eigenvalue weighted by Crippen LogP contribution is 2.17. The molecule has 2 rings (SSSR count). The lowest BCUT2D eigenvalue weighted by atomic mass is 10.2. The van der Waals surface area contributed by atoms with Crippen molar-refractivity contribution in [3.05, 3.63) is 46.8 Å². The average molecular weight is 249 g/mol. The minimum Gasteiger partial charge on any atom is -0.276 e. The van der Waals surface area contributed by atoms with Gasteiger partial charge in [0.25, 0.3) is 5.24 Å². The molecule has 2 aromatic rings. The SMILES string of the molecule is Cc1nn(-c2ccc(C(=O)Cl)cc2)c(C)c1C. The van der Waals surface area contributed by atoms with Crippen molar-refractivity contribution in [1.29, 1.82) is 0 Å². The normalized spacial score (nSPS) is 10.6. The third-order valence-electron chi connectivity index (χ3n) is 2.99. The number of nitrogens with zero attached hydrogens (tertiary/aromatic N) is 2. The molecule has 3 nitrogen and oxygen atoms in total. The van der Waals surface area contributed by atoms with Crippen LogP contribution >= 0.6 is 11.6 Å². The van der Waals surface area contributed by atoms with Crippen molar-refractivity contribution < 1.29 is 4.79 Å². The van der Waals surface area contributed by atoms with E-state index in [2.05, 4.69) is 5.10 Å². The Morgan fingerprint density at radius 3 is 2.18 bits per heavy atom. The Kier molecular flexibility index (Phi) is 3.03. The molecular formula is C13H13ClN2O. The highest BCUT2D eigenvalue weighted by Gasteiger charge is 2.09. The minimum absolute atomic E-state index is 0.443. The van der Waals surface area contributed by atoms with E-state index < -0.39 is 5.24 Å². The Morgan fingerprint density at radius 1 is 1.18 bits per heavy atom. The van der Waals surface area contributed by atoms with E-state index in [-0.39, 0.29) is 0 Å². The van der Waals surface area contributed by atoms with Crippen molar-refractivity contribution in [3.63, 3.8) is 0 Å². The van der Waals surface area contributed by atoms with Crippen LogP contribution < -0.4 is 0 Å². The van der Waals surface area contributed by atoms with E-state index >= 15 is 0 Å². The predicted molar refractivity (Wildman–Crippen MR) is 68.0 cm³/mol. The summed E-state index contributed by atoms with van der Waals surface area (Å²) in [5.41, 5.74) is 4.73. The van der Waals surface area contributed by atoms with Crippen molar-refractivity contribution >= 4 is 16.8 Å². The highest BCUT2D eigenvalue weighted by atomic mass is 35.5. The molecule has 0 N–H and O–H groups in total. The molecule has 0 saturated heterocycles. The quantitative estimate of drug-likeness (QED) is 0.765. The zero-order chi connectivity index (χ0) is 12.6. The van der Waals surface area contributed by atoms with Crippen molar-refractivity contribution in [2.45, 2.75) is 20.8 Å². The molecule has 0 atom stereocenters. The van der Waals surface area contributed by atoms with Crippen LogP contribution in [-0.2, 0) is 0 Å². The van der Waals surface area contributed by atoms with Gasteiger partial charge in [0.2, 0.25) is 0 Å². The average Bonchev–Trinajstić information content (AvgIpc) is 2.57. The smallest absolute Gasteiger partial charge is 0.252 e. The second-order valence-electron chi connectivity index (χ2n) is 4.03. The van der Waals surface area contributed by atoms with Crippen LogP contribution in [-0.4, -0.2) is 15.0 Å². The van der Waals surface area contributed by atoms with Gasteiger partial charge < -0.3 is 0 Å². The fraction of sp³-hybridized carbons (Fsp3) is 0.231. The number of benzene rings is 1. The Balaban J connectivity index is 2.47. The Bertz CT molecular complexity index is 570. The fourth-order valence-corrected chi connectivity index (χ4v) is 1.83. The van der Waals surface area contributed by atoms with Crippen LogP contribution in [0.2, 0.25) is 0 Å². The maximum Gasteiger partial charge on any atom is 0.252 e. The molecule has 0 bridgehead atoms. The standard InChI is InChI=1S/C13H13ClN2O/c1-8-9(2)15-16(10(8)3)12-6-4-11(5-7-12)13(14)17/h4-7H,1-3H3. The number of carbonyl (C=O) groups excluding carboxylic acids is 1. The maximum absolute atomic E-state index is 11.0. The van der Waals surface area contributed by atoms with E-state index in [0.29, 0.717) is 5.56 Å². The Morgan fingerprint density at radius 2 is 1.76 bits per heavy atom. The zero-order valence-electron chi connectivity index (χ0n) is 9.99. The molecule has 4 heteroatoms. The lowest BCUT2D eigenvalue weighted by molar-refractivity contribution is 0.108. The topological polar surface area (TPSA) is 34.9 Å². The second-order valence-corrected chi connectivity index (χ2v) is 4.37. The third kappa shape index (κ3) is 2.11.